The minimum absolute atomic E-state index is 0.00660. The normalized spacial score (nSPS) is 12.9. The smallest absolute Gasteiger partial charge is 0.407 e. The number of ether oxygens (including phenoxy) is 3. The molecular formula is C46H54N4O8. The fourth-order valence-corrected chi connectivity index (χ4v) is 6.94. The molecule has 0 aliphatic heterocycles. The Hall–Kier alpha value is -6.17. The third-order valence-corrected chi connectivity index (χ3v) is 9.85. The van der Waals surface area contributed by atoms with Crippen molar-refractivity contribution >= 4 is 30.0 Å². The second kappa shape index (κ2) is 20.8. The van der Waals surface area contributed by atoms with Crippen LogP contribution in [0.5, 0.6) is 0 Å². The van der Waals surface area contributed by atoms with Gasteiger partial charge in [0.25, 0.3) is 0 Å². The topological polar surface area (TPSA) is 152 Å². The van der Waals surface area contributed by atoms with Crippen molar-refractivity contribution < 1.29 is 38.2 Å². The number of Topliss-reactive ketones (excluding diaryl/α,β-unsaturated/α-hetero) is 1. The summed E-state index contributed by atoms with van der Waals surface area (Å²) in [5.41, 5.74) is 5.36. The SMILES string of the molecule is CC[C@H](CN(CCC(=O)CNC(=O)OCc1ccccc1)C(=O)C(CCNC(=O)OC(C)(C)C)NC(=O)OCC1c2ccccc2-c2ccccc21)c1ccccc1. The van der Waals surface area contributed by atoms with E-state index in [1.54, 1.807) is 25.7 Å². The highest BCUT2D eigenvalue weighted by molar-refractivity contribution is 5.88. The molecule has 0 heterocycles. The van der Waals surface area contributed by atoms with Crippen molar-refractivity contribution in [3.8, 4) is 11.1 Å². The van der Waals surface area contributed by atoms with Crippen LogP contribution in [0.1, 0.15) is 81.0 Å². The monoisotopic (exact) mass is 790 g/mol. The van der Waals surface area contributed by atoms with Crippen molar-refractivity contribution in [1.29, 1.82) is 0 Å². The third-order valence-electron chi connectivity index (χ3n) is 9.85. The van der Waals surface area contributed by atoms with Crippen molar-refractivity contribution in [2.75, 3.05) is 32.8 Å². The molecule has 4 amide bonds. The molecular weight excluding hydrogens is 737 g/mol. The number of amides is 4. The van der Waals surface area contributed by atoms with Gasteiger partial charge in [-0.05, 0) is 67.0 Å². The van der Waals surface area contributed by atoms with Gasteiger partial charge in [0.15, 0.2) is 5.78 Å². The van der Waals surface area contributed by atoms with E-state index in [-0.39, 0.29) is 69.9 Å². The van der Waals surface area contributed by atoms with Crippen molar-refractivity contribution in [2.24, 2.45) is 0 Å². The number of nitrogens with one attached hydrogen (secondary N) is 3. The summed E-state index contributed by atoms with van der Waals surface area (Å²) in [6.45, 7) is 7.35. The quantitative estimate of drug-likeness (QED) is 0.0867. The van der Waals surface area contributed by atoms with Gasteiger partial charge in [-0.1, -0.05) is 116 Å². The van der Waals surface area contributed by atoms with Crippen molar-refractivity contribution in [1.82, 2.24) is 20.9 Å². The number of rotatable bonds is 18. The summed E-state index contributed by atoms with van der Waals surface area (Å²) in [5, 5.41) is 7.95. The molecule has 3 N–H and O–H groups in total. The van der Waals surface area contributed by atoms with Gasteiger partial charge in [0, 0.05) is 37.9 Å². The van der Waals surface area contributed by atoms with Crippen LogP contribution < -0.4 is 16.0 Å². The molecule has 1 aliphatic carbocycles. The van der Waals surface area contributed by atoms with Crippen LogP contribution in [0.4, 0.5) is 14.4 Å². The van der Waals surface area contributed by atoms with E-state index in [0.717, 1.165) is 33.4 Å². The molecule has 2 atom stereocenters. The van der Waals surface area contributed by atoms with Crippen molar-refractivity contribution in [3.05, 3.63) is 131 Å². The largest absolute Gasteiger partial charge is 0.449 e. The van der Waals surface area contributed by atoms with E-state index in [4.69, 9.17) is 14.2 Å². The van der Waals surface area contributed by atoms with E-state index in [2.05, 4.69) is 16.0 Å². The molecule has 0 fully saturated rings. The molecule has 5 rings (SSSR count). The van der Waals surface area contributed by atoms with E-state index in [9.17, 15) is 24.0 Å². The summed E-state index contributed by atoms with van der Waals surface area (Å²) in [6, 6.07) is 33.8. The molecule has 0 aromatic heterocycles. The predicted octanol–water partition coefficient (Wildman–Crippen LogP) is 7.72. The van der Waals surface area contributed by atoms with E-state index >= 15 is 0 Å². The summed E-state index contributed by atoms with van der Waals surface area (Å²) in [7, 11) is 0. The Morgan fingerprint density at radius 1 is 0.724 bits per heavy atom. The Bertz CT molecular complexity index is 1950. The molecule has 1 unspecified atom stereocenters. The number of hydrogen-bond acceptors (Lipinski definition) is 8. The Morgan fingerprint density at radius 3 is 1.95 bits per heavy atom. The molecule has 12 heteroatoms. The fraction of sp³-hybridized carbons (Fsp3) is 0.370. The highest BCUT2D eigenvalue weighted by atomic mass is 16.6. The zero-order valence-electron chi connectivity index (χ0n) is 33.7. The van der Waals surface area contributed by atoms with E-state index in [1.165, 1.54) is 0 Å². The summed E-state index contributed by atoms with van der Waals surface area (Å²) in [4.78, 5) is 67.7. The van der Waals surface area contributed by atoms with Gasteiger partial charge in [0.1, 0.15) is 24.9 Å². The Morgan fingerprint density at radius 2 is 1.33 bits per heavy atom. The second-order valence-electron chi connectivity index (χ2n) is 15.2. The van der Waals surface area contributed by atoms with Crippen LogP contribution in [-0.4, -0.2) is 79.3 Å². The lowest BCUT2D eigenvalue weighted by Gasteiger charge is -2.31. The lowest BCUT2D eigenvalue weighted by atomic mass is 9.95. The van der Waals surface area contributed by atoms with Gasteiger partial charge in [-0.3, -0.25) is 9.59 Å². The molecule has 0 saturated carbocycles. The molecule has 1 aliphatic rings. The average molecular weight is 791 g/mol. The fourth-order valence-electron chi connectivity index (χ4n) is 6.94. The number of carbonyl (C=O) groups excluding carboxylic acids is 5. The van der Waals surface area contributed by atoms with Gasteiger partial charge in [0.2, 0.25) is 5.91 Å². The van der Waals surface area contributed by atoms with Gasteiger partial charge in [-0.15, -0.1) is 0 Å². The van der Waals surface area contributed by atoms with Gasteiger partial charge in [0.05, 0.1) is 6.54 Å². The molecule has 0 bridgehead atoms. The van der Waals surface area contributed by atoms with Crippen LogP contribution >= 0.6 is 0 Å². The third kappa shape index (κ3) is 12.7. The predicted molar refractivity (Wildman–Crippen MR) is 221 cm³/mol. The Balaban J connectivity index is 1.29. The first-order valence-corrected chi connectivity index (χ1v) is 19.8. The van der Waals surface area contributed by atoms with Crippen molar-refractivity contribution in [2.45, 2.75) is 77.0 Å². The minimum atomic E-state index is -1.12. The lowest BCUT2D eigenvalue weighted by Crippen LogP contribution is -2.51. The molecule has 4 aromatic rings. The maximum atomic E-state index is 14.6. The summed E-state index contributed by atoms with van der Waals surface area (Å²) < 4.78 is 16.5. The van der Waals surface area contributed by atoms with Crippen LogP contribution in [0.25, 0.3) is 11.1 Å². The molecule has 58 heavy (non-hydrogen) atoms. The number of nitrogens with zero attached hydrogens (tertiary/aromatic N) is 1. The zero-order chi connectivity index (χ0) is 41.5. The first-order chi connectivity index (χ1) is 27.9. The molecule has 0 radical (unpaired) electrons. The highest BCUT2D eigenvalue weighted by Crippen LogP contribution is 2.44. The number of carbonyl (C=O) groups is 5. The van der Waals surface area contributed by atoms with Crippen LogP contribution in [0.3, 0.4) is 0 Å². The minimum Gasteiger partial charge on any atom is -0.449 e. The van der Waals surface area contributed by atoms with E-state index in [1.807, 2.05) is 116 Å². The van der Waals surface area contributed by atoms with Crippen molar-refractivity contribution in [3.63, 3.8) is 0 Å². The van der Waals surface area contributed by atoms with Gasteiger partial charge in [-0.25, -0.2) is 14.4 Å². The van der Waals surface area contributed by atoms with E-state index < -0.39 is 35.8 Å². The first kappa shape index (κ1) is 43.0. The zero-order valence-corrected chi connectivity index (χ0v) is 33.7. The molecule has 306 valence electrons. The maximum Gasteiger partial charge on any atom is 0.407 e. The Kier molecular flexibility index (Phi) is 15.4. The second-order valence-corrected chi connectivity index (χ2v) is 15.2. The molecule has 4 aromatic carbocycles. The number of ketones is 1. The molecule has 12 nitrogen and oxygen atoms in total. The highest BCUT2D eigenvalue weighted by Gasteiger charge is 2.32. The summed E-state index contributed by atoms with van der Waals surface area (Å²) >= 11 is 0. The maximum absolute atomic E-state index is 14.6. The number of benzene rings is 4. The lowest BCUT2D eigenvalue weighted by molar-refractivity contribution is -0.134. The van der Waals surface area contributed by atoms with Crippen LogP contribution in [0.2, 0.25) is 0 Å². The molecule has 0 saturated heterocycles. The van der Waals surface area contributed by atoms with Crippen LogP contribution in [0.15, 0.2) is 109 Å². The standard InChI is InChI=1S/C46H54N4O8/c1-5-33(34-18-10-7-11-19-34)29-50(27-25-35(51)28-48-43(53)56-30-32-16-8-6-9-17-32)42(52)41(24-26-47-44(54)58-46(2,3)4)49-45(55)57-31-40-38-22-14-12-20-36(38)37-21-13-15-23-39(37)40/h6-23,33,40-41H,5,24-31H2,1-4H3,(H,47,54)(H,48,53)(H,49,55)/t33-,41?/m1/s1. The summed E-state index contributed by atoms with van der Waals surface area (Å²) in [5.74, 6) is -1.03. The number of hydrogen-bond donors (Lipinski definition) is 3. The summed E-state index contributed by atoms with van der Waals surface area (Å²) in [6.07, 6.45) is -1.53. The Labute approximate surface area is 340 Å². The number of fused-ring (bicyclic) bond motifs is 3. The average Bonchev–Trinajstić information content (AvgIpc) is 3.54. The number of alkyl carbamates (subject to hydrolysis) is 3. The van der Waals surface area contributed by atoms with Gasteiger partial charge >= 0.3 is 18.3 Å². The van der Waals surface area contributed by atoms with Gasteiger partial charge in [-0.2, -0.15) is 0 Å². The molecule has 0 spiro atoms. The van der Waals surface area contributed by atoms with Crippen LogP contribution in [-0.2, 0) is 30.4 Å². The van der Waals surface area contributed by atoms with Gasteiger partial charge < -0.3 is 35.1 Å². The first-order valence-electron chi connectivity index (χ1n) is 19.8. The van der Waals surface area contributed by atoms with E-state index in [0.29, 0.717) is 6.42 Å². The van der Waals surface area contributed by atoms with Crippen LogP contribution in [0, 0.1) is 0 Å².